The van der Waals surface area contributed by atoms with E-state index in [1.807, 2.05) is 18.2 Å². The third-order valence-corrected chi connectivity index (χ3v) is 5.32. The second kappa shape index (κ2) is 9.53. The second-order valence-corrected chi connectivity index (χ2v) is 7.29. The van der Waals surface area contributed by atoms with E-state index in [2.05, 4.69) is 29.2 Å². The lowest BCUT2D eigenvalue weighted by molar-refractivity contribution is 0.252. The van der Waals surface area contributed by atoms with Gasteiger partial charge in [0.2, 0.25) is 0 Å². The Morgan fingerprint density at radius 3 is 2.32 bits per heavy atom. The van der Waals surface area contributed by atoms with E-state index in [0.29, 0.717) is 35.0 Å². The van der Waals surface area contributed by atoms with Crippen LogP contribution in [-0.2, 0) is 6.54 Å². The van der Waals surface area contributed by atoms with Crippen LogP contribution in [-0.4, -0.2) is 30.3 Å². The molecule has 1 heterocycles. The molecular formula is C19H23ClF2N2S. The minimum absolute atomic E-state index is 0. The Kier molecular flexibility index (Phi) is 7.69. The average Bonchev–Trinajstić information content (AvgIpc) is 3.00. The molecule has 136 valence electrons. The van der Waals surface area contributed by atoms with Crippen molar-refractivity contribution in [3.8, 4) is 0 Å². The molecule has 25 heavy (non-hydrogen) atoms. The monoisotopic (exact) mass is 384 g/mol. The zero-order valence-electron chi connectivity index (χ0n) is 13.9. The zero-order chi connectivity index (χ0) is 16.9. The van der Waals surface area contributed by atoms with Gasteiger partial charge >= 0.3 is 0 Å². The highest BCUT2D eigenvalue weighted by Crippen LogP contribution is 2.33. The van der Waals surface area contributed by atoms with E-state index in [4.69, 9.17) is 5.73 Å². The first kappa shape index (κ1) is 20.2. The summed E-state index contributed by atoms with van der Waals surface area (Å²) in [6, 6.07) is 18.0. The van der Waals surface area contributed by atoms with Crippen LogP contribution < -0.4 is 5.73 Å². The summed E-state index contributed by atoms with van der Waals surface area (Å²) < 4.78 is 24.8. The number of benzene rings is 2. The molecule has 0 spiro atoms. The fourth-order valence-corrected chi connectivity index (χ4v) is 3.94. The number of hydrogen-bond acceptors (Lipinski definition) is 3. The molecule has 1 saturated heterocycles. The topological polar surface area (TPSA) is 29.3 Å². The van der Waals surface area contributed by atoms with Gasteiger partial charge in [-0.05, 0) is 35.7 Å². The number of likely N-dealkylation sites (tertiary alicyclic amines) is 1. The summed E-state index contributed by atoms with van der Waals surface area (Å²) >= 11 is 0.588. The van der Waals surface area contributed by atoms with Crippen LogP contribution in [0.15, 0.2) is 59.5 Å². The number of thioether (sulfide) groups is 1. The lowest BCUT2D eigenvalue weighted by Gasteiger charge is -2.17. The molecule has 0 saturated carbocycles. The van der Waals surface area contributed by atoms with Crippen LogP contribution in [0.4, 0.5) is 8.78 Å². The van der Waals surface area contributed by atoms with Crippen LogP contribution in [0.2, 0.25) is 0 Å². The lowest BCUT2D eigenvalue weighted by Crippen LogP contribution is -2.23. The van der Waals surface area contributed by atoms with Gasteiger partial charge in [-0.25, -0.2) is 0 Å². The molecule has 0 amide bonds. The third kappa shape index (κ3) is 5.42. The first-order valence-electron chi connectivity index (χ1n) is 8.17. The normalized spacial score (nSPS) is 20.6. The van der Waals surface area contributed by atoms with Gasteiger partial charge in [-0.1, -0.05) is 54.2 Å². The number of nitrogens with two attached hydrogens (primary N) is 1. The summed E-state index contributed by atoms with van der Waals surface area (Å²) in [7, 11) is 0. The minimum Gasteiger partial charge on any atom is -0.330 e. The number of halogens is 3. The molecule has 0 aliphatic carbocycles. The minimum atomic E-state index is -2.37. The Balaban J connectivity index is 0.00000225. The van der Waals surface area contributed by atoms with E-state index in [0.717, 1.165) is 25.2 Å². The summed E-state index contributed by atoms with van der Waals surface area (Å²) in [5, 5.41) is 0. The average molecular weight is 385 g/mol. The Morgan fingerprint density at radius 1 is 1.04 bits per heavy atom. The maximum atomic E-state index is 12.4. The second-order valence-electron chi connectivity index (χ2n) is 6.23. The molecule has 3 rings (SSSR count). The largest absolute Gasteiger partial charge is 0.330 e. The fourth-order valence-electron chi connectivity index (χ4n) is 3.44. The summed E-state index contributed by atoms with van der Waals surface area (Å²) in [6.07, 6.45) is 0. The van der Waals surface area contributed by atoms with E-state index >= 15 is 0 Å². The standard InChI is InChI=1S/C19H22F2N2S.ClH/c20-19(21)24-17-8-6-14(7-9-17)11-23-12-16(10-22)18(13-23)15-4-2-1-3-5-15;/h1-9,16,18-19H,10-13,22H2;1H/t16-,18+;/m1./s1. The van der Waals surface area contributed by atoms with Crippen LogP contribution >= 0.6 is 24.2 Å². The Hall–Kier alpha value is -1.14. The van der Waals surface area contributed by atoms with Gasteiger partial charge in [0.25, 0.3) is 5.76 Å². The van der Waals surface area contributed by atoms with Crippen molar-refractivity contribution < 1.29 is 8.78 Å². The third-order valence-electron chi connectivity index (χ3n) is 4.60. The van der Waals surface area contributed by atoms with Crippen LogP contribution in [0, 0.1) is 5.92 Å². The van der Waals surface area contributed by atoms with Crippen molar-refractivity contribution in [2.45, 2.75) is 23.1 Å². The van der Waals surface area contributed by atoms with E-state index in [1.165, 1.54) is 5.56 Å². The van der Waals surface area contributed by atoms with Crippen molar-refractivity contribution in [3.63, 3.8) is 0 Å². The molecule has 1 aliphatic heterocycles. The number of alkyl halides is 2. The smallest absolute Gasteiger partial charge is 0.288 e. The number of nitrogens with zero attached hydrogens (tertiary/aromatic N) is 1. The van der Waals surface area contributed by atoms with Gasteiger partial charge in [-0.2, -0.15) is 8.78 Å². The molecule has 1 aliphatic rings. The highest BCUT2D eigenvalue weighted by Gasteiger charge is 2.32. The number of hydrogen-bond donors (Lipinski definition) is 1. The molecule has 0 aromatic heterocycles. The van der Waals surface area contributed by atoms with Gasteiger partial charge in [-0.3, -0.25) is 4.90 Å². The first-order valence-corrected chi connectivity index (χ1v) is 9.05. The molecule has 1 fully saturated rings. The van der Waals surface area contributed by atoms with Crippen LogP contribution in [0.5, 0.6) is 0 Å². The molecule has 0 bridgehead atoms. The first-order chi connectivity index (χ1) is 11.7. The zero-order valence-corrected chi connectivity index (χ0v) is 15.5. The Labute approximate surface area is 158 Å². The summed E-state index contributed by atoms with van der Waals surface area (Å²) in [4.78, 5) is 3.02. The predicted molar refractivity (Wildman–Crippen MR) is 103 cm³/mol. The molecule has 2 aromatic rings. The van der Waals surface area contributed by atoms with Gasteiger partial charge in [0.15, 0.2) is 0 Å². The van der Waals surface area contributed by atoms with Crippen molar-refractivity contribution in [2.75, 3.05) is 19.6 Å². The van der Waals surface area contributed by atoms with Crippen LogP contribution in [0.3, 0.4) is 0 Å². The molecule has 2 N–H and O–H groups in total. The molecule has 2 nitrogen and oxygen atoms in total. The number of rotatable bonds is 6. The van der Waals surface area contributed by atoms with Crippen molar-refractivity contribution >= 4 is 24.2 Å². The summed E-state index contributed by atoms with van der Waals surface area (Å²) in [6.45, 7) is 3.47. The van der Waals surface area contributed by atoms with E-state index in [1.54, 1.807) is 12.1 Å². The summed E-state index contributed by atoms with van der Waals surface area (Å²) in [5.41, 5.74) is 8.48. The molecule has 2 aromatic carbocycles. The van der Waals surface area contributed by atoms with Gasteiger partial charge in [0.05, 0.1) is 0 Å². The molecular weight excluding hydrogens is 362 g/mol. The van der Waals surface area contributed by atoms with Gasteiger partial charge < -0.3 is 5.73 Å². The van der Waals surface area contributed by atoms with E-state index in [-0.39, 0.29) is 12.4 Å². The van der Waals surface area contributed by atoms with Crippen LogP contribution in [0.1, 0.15) is 17.0 Å². The van der Waals surface area contributed by atoms with Crippen LogP contribution in [0.25, 0.3) is 0 Å². The maximum Gasteiger partial charge on any atom is 0.288 e. The van der Waals surface area contributed by atoms with E-state index in [9.17, 15) is 8.78 Å². The highest BCUT2D eigenvalue weighted by atomic mass is 35.5. The SMILES string of the molecule is Cl.NC[C@@H]1CN(Cc2ccc(SC(F)F)cc2)C[C@H]1c1ccccc1. The van der Waals surface area contributed by atoms with Gasteiger partial charge in [-0.15, -0.1) is 12.4 Å². The quantitative estimate of drug-likeness (QED) is 0.738. The van der Waals surface area contributed by atoms with E-state index < -0.39 is 5.76 Å². The Bertz CT molecular complexity index is 640. The van der Waals surface area contributed by atoms with Gasteiger partial charge in [0.1, 0.15) is 0 Å². The molecule has 6 heteroatoms. The van der Waals surface area contributed by atoms with Gasteiger partial charge in [0, 0.05) is 30.4 Å². The predicted octanol–water partition coefficient (Wildman–Crippen LogP) is 4.60. The summed E-state index contributed by atoms with van der Waals surface area (Å²) in [5.74, 6) is -1.45. The Morgan fingerprint density at radius 2 is 1.72 bits per heavy atom. The van der Waals surface area contributed by atoms with Crippen molar-refractivity contribution in [2.24, 2.45) is 11.7 Å². The van der Waals surface area contributed by atoms with Crippen molar-refractivity contribution in [1.29, 1.82) is 0 Å². The highest BCUT2D eigenvalue weighted by molar-refractivity contribution is 7.99. The van der Waals surface area contributed by atoms with Crippen molar-refractivity contribution in [3.05, 3.63) is 65.7 Å². The van der Waals surface area contributed by atoms with Crippen molar-refractivity contribution in [1.82, 2.24) is 4.90 Å². The molecule has 0 radical (unpaired) electrons. The maximum absolute atomic E-state index is 12.4. The molecule has 2 atom stereocenters. The molecule has 0 unspecified atom stereocenters. The fraction of sp³-hybridized carbons (Fsp3) is 0.368. The lowest BCUT2D eigenvalue weighted by atomic mass is 9.89.